The van der Waals surface area contributed by atoms with E-state index in [1.807, 2.05) is 18.0 Å². The molecule has 5 nitrogen and oxygen atoms in total. The molecule has 0 spiro atoms. The molecule has 1 aromatic rings. The van der Waals surface area contributed by atoms with Crippen molar-refractivity contribution in [1.29, 1.82) is 0 Å². The summed E-state index contributed by atoms with van der Waals surface area (Å²) >= 11 is 0.118. The van der Waals surface area contributed by atoms with Crippen LogP contribution in [0.3, 0.4) is 0 Å². The quantitative estimate of drug-likeness (QED) is 0.295. The molecule has 0 aliphatic rings. The first-order valence-corrected chi connectivity index (χ1v) is 7.79. The van der Waals surface area contributed by atoms with Gasteiger partial charge in [0.1, 0.15) is 0 Å². The van der Waals surface area contributed by atoms with Crippen molar-refractivity contribution in [2.75, 3.05) is 6.61 Å². The number of aliphatic hydroxyl groups excluding tert-OH is 1. The van der Waals surface area contributed by atoms with Crippen molar-refractivity contribution in [1.82, 2.24) is 0 Å². The van der Waals surface area contributed by atoms with E-state index in [0.29, 0.717) is 5.56 Å². The molecular formula is C12H13NO4Se. The van der Waals surface area contributed by atoms with Crippen LogP contribution in [0, 0.1) is 4.91 Å². The summed E-state index contributed by atoms with van der Waals surface area (Å²) in [6.07, 6.45) is 0. The van der Waals surface area contributed by atoms with Gasteiger partial charge in [-0.2, -0.15) is 0 Å². The van der Waals surface area contributed by atoms with Gasteiger partial charge in [0, 0.05) is 0 Å². The van der Waals surface area contributed by atoms with E-state index in [-0.39, 0.29) is 21.6 Å². The van der Waals surface area contributed by atoms with Crippen molar-refractivity contribution in [3.63, 3.8) is 0 Å². The first kappa shape index (κ1) is 14.4. The number of nitrogens with zero attached hydrogens (tertiary/aromatic N) is 1. The molecule has 0 aromatic heterocycles. The fourth-order valence-corrected chi connectivity index (χ4v) is 2.60. The Kier molecular flexibility index (Phi) is 5.55. The van der Waals surface area contributed by atoms with Gasteiger partial charge in [-0.3, -0.25) is 0 Å². The van der Waals surface area contributed by atoms with Gasteiger partial charge in [0.05, 0.1) is 0 Å². The number of aliphatic hydroxyl groups is 1. The summed E-state index contributed by atoms with van der Waals surface area (Å²) in [5.74, 6) is 0.628. The first-order valence-electron chi connectivity index (χ1n) is 5.22. The Morgan fingerprint density at radius 3 is 2.67 bits per heavy atom. The fraction of sp³-hybridized carbons (Fsp3) is 0.250. The van der Waals surface area contributed by atoms with Gasteiger partial charge in [0.2, 0.25) is 0 Å². The van der Waals surface area contributed by atoms with Gasteiger partial charge < -0.3 is 0 Å². The molecule has 0 saturated heterocycles. The van der Waals surface area contributed by atoms with Gasteiger partial charge in [-0.15, -0.1) is 0 Å². The van der Waals surface area contributed by atoms with E-state index in [1.54, 1.807) is 19.1 Å². The van der Waals surface area contributed by atoms with Gasteiger partial charge in [-0.1, -0.05) is 0 Å². The number of rotatable bonds is 5. The van der Waals surface area contributed by atoms with E-state index in [4.69, 9.17) is 0 Å². The summed E-state index contributed by atoms with van der Waals surface area (Å²) in [4.78, 5) is 22.1. The van der Waals surface area contributed by atoms with Crippen LogP contribution in [0.4, 0.5) is 0 Å². The zero-order valence-corrected chi connectivity index (χ0v) is 11.8. The normalized spacial score (nSPS) is 11.7. The second-order valence-electron chi connectivity index (χ2n) is 3.21. The molecular weight excluding hydrogens is 301 g/mol. The topological polar surface area (TPSA) is 76.0 Å². The van der Waals surface area contributed by atoms with Gasteiger partial charge in [0.25, 0.3) is 0 Å². The summed E-state index contributed by atoms with van der Waals surface area (Å²) in [6.45, 7) is 1.73. The fourth-order valence-electron chi connectivity index (χ4n) is 1.34. The van der Waals surface area contributed by atoms with Crippen LogP contribution in [-0.4, -0.2) is 32.6 Å². The molecule has 0 unspecified atom stereocenters. The average Bonchev–Trinajstić information content (AvgIpc) is 2.39. The number of carbonyl (C=O) groups is 1. The van der Waals surface area contributed by atoms with Crippen molar-refractivity contribution in [2.24, 2.45) is 5.18 Å². The second kappa shape index (κ2) is 6.93. The van der Waals surface area contributed by atoms with Crippen molar-refractivity contribution in [3.8, 4) is 0 Å². The van der Waals surface area contributed by atoms with Crippen LogP contribution in [0.25, 0.3) is 5.76 Å². The summed E-state index contributed by atoms with van der Waals surface area (Å²) < 4.78 is 5.55. The molecule has 1 rings (SSSR count). The number of esters is 1. The van der Waals surface area contributed by atoms with Crippen molar-refractivity contribution < 1.29 is 14.6 Å². The monoisotopic (exact) mass is 315 g/mol. The number of benzene rings is 1. The predicted octanol–water partition coefficient (Wildman–Crippen LogP) is 1.62. The third kappa shape index (κ3) is 3.18. The Hall–Kier alpha value is -1.65. The number of nitroso groups, excluding NO2 is 1. The molecule has 1 N–H and O–H groups in total. The van der Waals surface area contributed by atoms with Crippen molar-refractivity contribution in [3.05, 3.63) is 40.4 Å². The van der Waals surface area contributed by atoms with Crippen LogP contribution < -0.4 is 4.46 Å². The zero-order valence-electron chi connectivity index (χ0n) is 10.0. The molecule has 0 heterocycles. The molecule has 0 saturated carbocycles. The Balaban J connectivity index is 3.26. The molecule has 0 atom stereocenters. The van der Waals surface area contributed by atoms with E-state index < -0.39 is 17.4 Å². The van der Waals surface area contributed by atoms with Crippen LogP contribution in [0.5, 0.6) is 0 Å². The SMILES string of the molecule is CCOC(=O)/C(N=O)=C(\O)c1ccccc1[Se]C. The molecule has 0 radical (unpaired) electrons. The number of hydrogen-bond donors (Lipinski definition) is 1. The Bertz CT molecular complexity index is 485. The molecule has 0 amide bonds. The number of ether oxygens (including phenoxy) is 1. The van der Waals surface area contributed by atoms with Gasteiger partial charge in [-0.25, -0.2) is 0 Å². The molecule has 96 valence electrons. The maximum atomic E-state index is 11.5. The predicted molar refractivity (Wildman–Crippen MR) is 69.7 cm³/mol. The van der Waals surface area contributed by atoms with E-state index in [1.165, 1.54) is 0 Å². The van der Waals surface area contributed by atoms with Crippen LogP contribution in [0.15, 0.2) is 35.1 Å². The third-order valence-corrected chi connectivity index (χ3v) is 3.82. The molecule has 0 aliphatic heterocycles. The standard InChI is InChI=1S/C12H13NO4Se/c1-3-17-12(15)10(13-16)11(14)8-6-4-5-7-9(8)18-2/h4-7,14H,3H2,1-2H3/b11-10+. The molecule has 0 bridgehead atoms. The third-order valence-electron chi connectivity index (χ3n) is 2.15. The second-order valence-corrected chi connectivity index (χ2v) is 4.99. The summed E-state index contributed by atoms with van der Waals surface area (Å²) in [7, 11) is 0. The van der Waals surface area contributed by atoms with Gasteiger partial charge in [-0.05, 0) is 0 Å². The molecule has 18 heavy (non-hydrogen) atoms. The van der Waals surface area contributed by atoms with E-state index in [0.717, 1.165) is 4.46 Å². The zero-order chi connectivity index (χ0) is 13.5. The molecule has 1 aromatic carbocycles. The summed E-state index contributed by atoms with van der Waals surface area (Å²) in [6, 6.07) is 7.02. The molecule has 0 fully saturated rings. The van der Waals surface area contributed by atoms with Gasteiger partial charge in [0.15, 0.2) is 0 Å². The van der Waals surface area contributed by atoms with E-state index in [9.17, 15) is 14.8 Å². The van der Waals surface area contributed by atoms with Crippen LogP contribution in [-0.2, 0) is 9.53 Å². The summed E-state index contributed by atoms with van der Waals surface area (Å²) in [5, 5.41) is 12.6. The summed E-state index contributed by atoms with van der Waals surface area (Å²) in [5.41, 5.74) is -0.142. The van der Waals surface area contributed by atoms with E-state index in [2.05, 4.69) is 9.91 Å². The number of carbonyl (C=O) groups excluding carboxylic acids is 1. The minimum atomic E-state index is -0.914. The number of hydrogen-bond acceptors (Lipinski definition) is 5. The van der Waals surface area contributed by atoms with Crippen LogP contribution >= 0.6 is 0 Å². The Morgan fingerprint density at radius 1 is 1.44 bits per heavy atom. The minimum absolute atomic E-state index is 0.116. The van der Waals surface area contributed by atoms with Crippen LogP contribution in [0.2, 0.25) is 5.82 Å². The van der Waals surface area contributed by atoms with Gasteiger partial charge >= 0.3 is 111 Å². The van der Waals surface area contributed by atoms with E-state index >= 15 is 0 Å². The maximum absolute atomic E-state index is 11.5. The Morgan fingerprint density at radius 2 is 2.11 bits per heavy atom. The Labute approximate surface area is 111 Å². The van der Waals surface area contributed by atoms with Crippen molar-refractivity contribution in [2.45, 2.75) is 12.7 Å². The molecule has 6 heteroatoms. The van der Waals surface area contributed by atoms with Crippen molar-refractivity contribution >= 4 is 31.1 Å². The van der Waals surface area contributed by atoms with Crippen LogP contribution in [0.1, 0.15) is 12.5 Å². The first-order chi connectivity index (χ1) is 8.65. The average molecular weight is 314 g/mol. The molecule has 0 aliphatic carbocycles.